The molecule has 5 unspecified atom stereocenters. The number of anilines is 1. The highest BCUT2D eigenvalue weighted by atomic mass is 31.2. The van der Waals surface area contributed by atoms with Crippen LogP contribution in [0.5, 0.6) is 0 Å². The summed E-state index contributed by atoms with van der Waals surface area (Å²) in [4.78, 5) is 89.7. The minimum absolute atomic E-state index is 0.0132. The number of nitrogens with one attached hydrogen (secondary N) is 1. The number of nitrogens with two attached hydrogens (primary N) is 1. The van der Waals surface area contributed by atoms with Gasteiger partial charge in [-0.2, -0.15) is 24.3 Å². The van der Waals surface area contributed by atoms with Gasteiger partial charge in [0.25, 0.3) is 0 Å². The number of rotatable bonds is 28. The highest BCUT2D eigenvalue weighted by Crippen LogP contribution is 2.58. The number of hydrogen-bond donors (Lipinski definition) is 4. The number of aliphatic hydroxyl groups excluding tert-OH is 2. The normalized spacial score (nSPS) is 25.3. The van der Waals surface area contributed by atoms with Gasteiger partial charge in [0.05, 0.1) is 83.3 Å². The standard InChI is InChI=1S/C19H41N2O3P.C17H25N2O8P.C16H24N3O8P.C10H14N2O4.C2H4O2/c1-11-23-19(22)18(10)12-13-24-25(20(14(2)3)15(4)5)21(16(6)7)17(8)9;1-4-23-16(20)11(2)6-8-24-28(22)25-10-14-13(27-28)9-15(26-14)19-7-5-12(3)18-17(19)21;1-3-23-15(20)10(2)5-7-24-28(22)25-9-12-11(27-28)8-14(26-12)19-6-4-13(17)18-16(19)21;1-6-2-3-12(10(15)11-6)9-4-7(14)8(5-13)16-9;1-2(3)4/h14-18H,11-13H2,1-10H3;5,7,11,13-15H,4,6,8-10H2,1-3H3;4,6,10-12,14H,3,5,7-9H2,1-2H3,(H2,17,18,21);2-3,7-9,13-14H,4-5H2,1H3;1H3,(H,3,4)/t;11?,13-,14+,15+,28?;10?,11-,12+,14+,28?;7-,8+,9+;/m.111./s1. The van der Waals surface area contributed by atoms with E-state index in [2.05, 4.69) is 79.7 Å². The van der Waals surface area contributed by atoms with E-state index in [1.54, 1.807) is 72.1 Å². The summed E-state index contributed by atoms with van der Waals surface area (Å²) in [7, 11) is -8.42. The molecule has 3 aromatic heterocycles. The molecule has 8 rings (SSSR count). The van der Waals surface area contributed by atoms with Gasteiger partial charge in [0.15, 0.2) is 14.3 Å². The van der Waals surface area contributed by atoms with Crippen LogP contribution in [0.25, 0.3) is 0 Å². The molecule has 34 nitrogen and oxygen atoms in total. The number of carbonyl (C=O) groups is 4. The van der Waals surface area contributed by atoms with Crippen molar-refractivity contribution in [1.82, 2.24) is 33.4 Å². The summed E-state index contributed by atoms with van der Waals surface area (Å²) in [5.74, 6) is -2.56. The lowest BCUT2D eigenvalue weighted by Gasteiger charge is -2.45. The lowest BCUT2D eigenvalue weighted by atomic mass is 10.1. The van der Waals surface area contributed by atoms with Crippen LogP contribution >= 0.6 is 24.1 Å². The van der Waals surface area contributed by atoms with Crippen LogP contribution in [0.1, 0.15) is 172 Å². The Morgan fingerprint density at radius 2 is 1.07 bits per heavy atom. The SMILES string of the molecule is CC(=O)[O-].CCOC(=O)C(C)CCOP(N(C(C)C)C(C)C)N(C(C)C)C(C)C.CCOC(=O)C(C)CCOP1(=O)OC[C@@H]2O[C@H]([n+]3ccc(N)[nH]c3=O)C[C@H]2O1.CCOC(=O)C(C)CCOP1(=O)OC[C@@H]2O[C@H](n3ccc(C)nc3=O)C[C@H]2O1.Cc1ccn([C@@H]2C[C@@H](O)[C@H](CO)O2)c(=O)n1. The molecule has 5 N–H and O–H groups in total. The molecule has 0 aromatic carbocycles. The smallest absolute Gasteiger partial charge is 0.499 e. The topological polar surface area (TPSA) is 425 Å². The maximum atomic E-state index is 12.7. The number of carboxylic acid groups (broad SMARTS) is 1. The first kappa shape index (κ1) is 88.1. The average molecular weight is 1500 g/mol. The number of nitrogen functional groups attached to an aromatic ring is 1. The third-order valence-electron chi connectivity index (χ3n) is 15.8. The summed E-state index contributed by atoms with van der Waals surface area (Å²) < 4.78 is 105. The van der Waals surface area contributed by atoms with E-state index in [1.165, 1.54) is 19.9 Å². The Kier molecular flexibility index (Phi) is 37.1. The van der Waals surface area contributed by atoms with Gasteiger partial charge in [0, 0.05) is 79.2 Å². The fraction of sp³-hybridized carbons (Fsp3) is 0.750. The number of fused-ring (bicyclic) bond motifs is 2. The van der Waals surface area contributed by atoms with Gasteiger partial charge >= 0.3 is 50.6 Å². The highest BCUT2D eigenvalue weighted by molar-refractivity contribution is 7.49. The zero-order chi connectivity index (χ0) is 75.6. The molecular weight excluding hydrogens is 1390 g/mol. The number of aliphatic hydroxyl groups is 2. The molecule has 5 fully saturated rings. The first-order chi connectivity index (χ1) is 47.5. The molecule has 574 valence electrons. The molecule has 0 spiro atoms. The molecule has 0 saturated carbocycles. The zero-order valence-electron chi connectivity index (χ0n) is 61.1. The molecule has 0 aliphatic carbocycles. The minimum atomic E-state index is -3.77. The number of aliphatic carboxylic acids is 1. The lowest BCUT2D eigenvalue weighted by molar-refractivity contribution is -0.773. The Balaban J connectivity index is 0.000000285. The van der Waals surface area contributed by atoms with Gasteiger partial charge in [-0.3, -0.25) is 50.7 Å². The second kappa shape index (κ2) is 42.6. The quantitative estimate of drug-likeness (QED) is 0.0296. The molecule has 3 aromatic rings. The van der Waals surface area contributed by atoms with Gasteiger partial charge in [0.1, 0.15) is 49.2 Å². The molecular formula is C64H108N9O25P3. The molecule has 0 amide bonds. The van der Waals surface area contributed by atoms with Crippen LogP contribution in [0.4, 0.5) is 5.82 Å². The predicted molar refractivity (Wildman–Crippen MR) is 365 cm³/mol. The number of H-pyrrole nitrogens is 1. The van der Waals surface area contributed by atoms with E-state index in [9.17, 15) is 43.0 Å². The van der Waals surface area contributed by atoms with Crippen LogP contribution in [-0.4, -0.2) is 188 Å². The largest absolute Gasteiger partial charge is 0.550 e. The highest BCUT2D eigenvalue weighted by Gasteiger charge is 2.51. The van der Waals surface area contributed by atoms with Crippen LogP contribution in [-0.2, 0) is 88.4 Å². The molecule has 5 aliphatic rings. The lowest BCUT2D eigenvalue weighted by Crippen LogP contribution is -2.54. The van der Waals surface area contributed by atoms with E-state index in [1.807, 2.05) is 13.8 Å². The monoisotopic (exact) mass is 1500 g/mol. The maximum absolute atomic E-state index is 12.7. The first-order valence-corrected chi connectivity index (χ1v) is 38.2. The van der Waals surface area contributed by atoms with Crippen molar-refractivity contribution in [2.24, 2.45) is 17.8 Å². The number of phosphoric acid groups is 2. The third kappa shape index (κ3) is 27.9. The van der Waals surface area contributed by atoms with Crippen LogP contribution in [0.15, 0.2) is 51.2 Å². The van der Waals surface area contributed by atoms with Crippen molar-refractivity contribution in [3.63, 3.8) is 0 Å². The number of esters is 3. The number of ether oxygens (including phenoxy) is 6. The molecule has 5 aliphatic heterocycles. The van der Waals surface area contributed by atoms with E-state index in [4.69, 9.17) is 80.8 Å². The molecule has 37 heteroatoms. The first-order valence-electron chi connectivity index (χ1n) is 34.1. The summed E-state index contributed by atoms with van der Waals surface area (Å²) in [6.45, 7) is 34.3. The van der Waals surface area contributed by atoms with Gasteiger partial charge in [-0.05, 0) is 128 Å². The van der Waals surface area contributed by atoms with Gasteiger partial charge in [-0.15, -0.1) is 0 Å². The number of carboxylic acids is 1. The van der Waals surface area contributed by atoms with E-state index < -0.39 is 108 Å². The summed E-state index contributed by atoms with van der Waals surface area (Å²) in [5, 5.41) is 27.4. The number of hydrogen-bond acceptors (Lipinski definition) is 30. The van der Waals surface area contributed by atoms with Gasteiger partial charge in [0.2, 0.25) is 6.23 Å². The van der Waals surface area contributed by atoms with E-state index in [0.717, 1.165) is 6.92 Å². The fourth-order valence-electron chi connectivity index (χ4n) is 10.7. The van der Waals surface area contributed by atoms with Crippen LogP contribution in [0.2, 0.25) is 0 Å². The van der Waals surface area contributed by atoms with Crippen molar-refractivity contribution in [2.75, 3.05) is 65.2 Å². The van der Waals surface area contributed by atoms with Crippen molar-refractivity contribution < 1.29 is 108 Å². The Bertz CT molecular complexity index is 3190. The van der Waals surface area contributed by atoms with Gasteiger partial charge in [-0.1, -0.05) is 20.8 Å². The zero-order valence-corrected chi connectivity index (χ0v) is 63.8. The van der Waals surface area contributed by atoms with E-state index >= 15 is 0 Å². The minimum Gasteiger partial charge on any atom is -0.550 e. The summed E-state index contributed by atoms with van der Waals surface area (Å²) in [6, 6.07) is 6.54. The number of phosphoric ester groups is 2. The molecule has 0 radical (unpaired) electrons. The molecule has 101 heavy (non-hydrogen) atoms. The Hall–Kier alpha value is -5.35. The average Bonchev–Trinajstić information content (AvgIpc) is 1.65. The second-order valence-corrected chi connectivity index (χ2v) is 30.4. The Morgan fingerprint density at radius 1 is 0.663 bits per heavy atom. The van der Waals surface area contributed by atoms with Crippen LogP contribution in [0, 0.1) is 31.6 Å². The Labute approximate surface area is 591 Å². The van der Waals surface area contributed by atoms with Gasteiger partial charge in [-0.25, -0.2) is 28.1 Å². The van der Waals surface area contributed by atoms with Crippen molar-refractivity contribution in [1.29, 1.82) is 0 Å². The fourth-order valence-corrected chi connectivity index (χ4v) is 15.9. The van der Waals surface area contributed by atoms with Crippen molar-refractivity contribution in [2.45, 2.75) is 236 Å². The predicted octanol–water partition coefficient (Wildman–Crippen LogP) is 5.64. The number of carbonyl (C=O) groups excluding carboxylic acids is 4. The summed E-state index contributed by atoms with van der Waals surface area (Å²) in [6.07, 6.45) is 1.86. The van der Waals surface area contributed by atoms with Crippen molar-refractivity contribution in [3.8, 4) is 0 Å². The summed E-state index contributed by atoms with van der Waals surface area (Å²) in [5.41, 5.74) is 5.55. The second-order valence-electron chi connectivity index (χ2n) is 25.4. The number of aromatic amines is 1. The third-order valence-corrected chi connectivity index (χ3v) is 21.8. The van der Waals surface area contributed by atoms with Crippen molar-refractivity contribution >= 4 is 53.8 Å². The van der Waals surface area contributed by atoms with E-state index in [-0.39, 0.29) is 75.0 Å². The Morgan fingerprint density at radius 3 is 1.46 bits per heavy atom. The molecule has 14 atom stereocenters. The molecule has 5 saturated heterocycles. The number of aromatic nitrogens is 6. The number of aryl methyl sites for hydroxylation is 2. The van der Waals surface area contributed by atoms with Crippen LogP contribution < -0.4 is 32.5 Å². The summed E-state index contributed by atoms with van der Waals surface area (Å²) >= 11 is 0. The van der Waals surface area contributed by atoms with Gasteiger partial charge < -0.3 is 58.8 Å². The van der Waals surface area contributed by atoms with Crippen molar-refractivity contribution in [3.05, 3.63) is 79.6 Å². The van der Waals surface area contributed by atoms with E-state index in [0.29, 0.717) is 94.1 Å². The number of nitrogens with zero attached hydrogens (tertiary/aromatic N) is 7. The van der Waals surface area contributed by atoms with Crippen LogP contribution in [0.3, 0.4) is 0 Å². The maximum Gasteiger partial charge on any atom is 0.499 e. The molecule has 0 bridgehead atoms. The molecule has 8 heterocycles.